The SMILES string of the molecule is O=C(Nc1ccc(I)cc1)N1CCC(c2ccc(Cl)cc2)=N1. The van der Waals surface area contributed by atoms with Gasteiger partial charge in [0.15, 0.2) is 0 Å². The molecule has 0 saturated heterocycles. The second-order valence-electron chi connectivity index (χ2n) is 4.86. The van der Waals surface area contributed by atoms with Crippen molar-refractivity contribution in [3.8, 4) is 0 Å². The van der Waals surface area contributed by atoms with Crippen LogP contribution in [-0.2, 0) is 0 Å². The number of anilines is 1. The van der Waals surface area contributed by atoms with Crippen molar-refractivity contribution in [1.29, 1.82) is 0 Å². The molecule has 0 saturated carbocycles. The molecule has 1 N–H and O–H groups in total. The van der Waals surface area contributed by atoms with Crippen LogP contribution < -0.4 is 5.32 Å². The van der Waals surface area contributed by atoms with Gasteiger partial charge in [-0.3, -0.25) is 0 Å². The average Bonchev–Trinajstić information content (AvgIpc) is 3.00. The Morgan fingerprint density at radius 2 is 1.82 bits per heavy atom. The van der Waals surface area contributed by atoms with Crippen molar-refractivity contribution in [2.45, 2.75) is 6.42 Å². The Labute approximate surface area is 147 Å². The second-order valence-corrected chi connectivity index (χ2v) is 6.55. The van der Waals surface area contributed by atoms with Gasteiger partial charge in [0, 0.05) is 20.7 Å². The maximum atomic E-state index is 12.2. The van der Waals surface area contributed by atoms with Gasteiger partial charge in [-0.25, -0.2) is 9.80 Å². The summed E-state index contributed by atoms with van der Waals surface area (Å²) in [6.45, 7) is 0.578. The summed E-state index contributed by atoms with van der Waals surface area (Å²) < 4.78 is 1.12. The predicted octanol–water partition coefficient (Wildman–Crippen LogP) is 4.59. The number of carbonyl (C=O) groups excluding carboxylic acids is 1. The van der Waals surface area contributed by atoms with Crippen LogP contribution in [0.4, 0.5) is 10.5 Å². The minimum absolute atomic E-state index is 0.217. The first kappa shape index (κ1) is 15.3. The van der Waals surface area contributed by atoms with E-state index in [1.54, 1.807) is 0 Å². The van der Waals surface area contributed by atoms with Crippen molar-refractivity contribution in [2.75, 3.05) is 11.9 Å². The van der Waals surface area contributed by atoms with E-state index in [1.807, 2.05) is 48.5 Å². The summed E-state index contributed by atoms with van der Waals surface area (Å²) in [5.41, 5.74) is 2.66. The maximum Gasteiger partial charge on any atom is 0.342 e. The first-order valence-corrected chi connectivity index (χ1v) is 8.25. The minimum Gasteiger partial charge on any atom is -0.306 e. The zero-order chi connectivity index (χ0) is 15.5. The summed E-state index contributed by atoms with van der Waals surface area (Å²) >= 11 is 8.11. The van der Waals surface area contributed by atoms with Crippen LogP contribution in [0.5, 0.6) is 0 Å². The third kappa shape index (κ3) is 3.59. The Bertz CT molecular complexity index is 713. The van der Waals surface area contributed by atoms with Crippen molar-refractivity contribution in [3.05, 3.63) is 62.7 Å². The molecule has 0 aromatic heterocycles. The zero-order valence-electron chi connectivity index (χ0n) is 11.6. The number of urea groups is 1. The topological polar surface area (TPSA) is 44.7 Å². The van der Waals surface area contributed by atoms with E-state index >= 15 is 0 Å². The quantitative estimate of drug-likeness (QED) is 0.703. The van der Waals surface area contributed by atoms with E-state index in [4.69, 9.17) is 11.6 Å². The third-order valence-corrected chi connectivity index (χ3v) is 4.28. The highest BCUT2D eigenvalue weighted by atomic mass is 127. The average molecular weight is 426 g/mol. The summed E-state index contributed by atoms with van der Waals surface area (Å²) in [5.74, 6) is 0. The van der Waals surface area contributed by atoms with Crippen molar-refractivity contribution in [1.82, 2.24) is 5.01 Å². The number of hydrogen-bond donors (Lipinski definition) is 1. The smallest absolute Gasteiger partial charge is 0.306 e. The van der Waals surface area contributed by atoms with Crippen molar-refractivity contribution >= 4 is 51.6 Å². The molecule has 0 spiro atoms. The summed E-state index contributed by atoms with van der Waals surface area (Å²) in [7, 11) is 0. The Kier molecular flexibility index (Phi) is 4.63. The molecule has 0 bridgehead atoms. The van der Waals surface area contributed by atoms with Gasteiger partial charge in [0.2, 0.25) is 0 Å². The van der Waals surface area contributed by atoms with Crippen molar-refractivity contribution in [3.63, 3.8) is 0 Å². The third-order valence-electron chi connectivity index (χ3n) is 3.31. The molecule has 2 aromatic carbocycles. The van der Waals surface area contributed by atoms with Gasteiger partial charge in [0.1, 0.15) is 0 Å². The number of hydrazone groups is 1. The van der Waals surface area contributed by atoms with Gasteiger partial charge in [-0.15, -0.1) is 0 Å². The highest BCUT2D eigenvalue weighted by molar-refractivity contribution is 14.1. The van der Waals surface area contributed by atoms with Crippen LogP contribution in [0.3, 0.4) is 0 Å². The molecule has 0 atom stereocenters. The summed E-state index contributed by atoms with van der Waals surface area (Å²) in [6, 6.07) is 14.9. The number of amides is 2. The van der Waals surface area contributed by atoms with Gasteiger partial charge in [0.25, 0.3) is 0 Å². The molecule has 112 valence electrons. The molecular weight excluding hydrogens is 413 g/mol. The van der Waals surface area contributed by atoms with Gasteiger partial charge in [-0.05, 0) is 64.6 Å². The van der Waals surface area contributed by atoms with Crippen LogP contribution in [-0.4, -0.2) is 23.3 Å². The van der Waals surface area contributed by atoms with Gasteiger partial charge < -0.3 is 5.32 Å². The normalized spacial score (nSPS) is 13.9. The van der Waals surface area contributed by atoms with E-state index in [2.05, 4.69) is 33.0 Å². The maximum absolute atomic E-state index is 12.2. The van der Waals surface area contributed by atoms with E-state index in [0.29, 0.717) is 11.6 Å². The van der Waals surface area contributed by atoms with Crippen LogP contribution in [0.25, 0.3) is 0 Å². The zero-order valence-corrected chi connectivity index (χ0v) is 14.5. The molecule has 0 fully saturated rings. The molecule has 0 radical (unpaired) electrons. The number of nitrogens with one attached hydrogen (secondary N) is 1. The molecule has 1 heterocycles. The van der Waals surface area contributed by atoms with E-state index in [9.17, 15) is 4.79 Å². The lowest BCUT2D eigenvalue weighted by molar-refractivity contribution is 0.219. The number of rotatable bonds is 2. The van der Waals surface area contributed by atoms with Gasteiger partial charge in [-0.1, -0.05) is 23.7 Å². The molecule has 2 aromatic rings. The number of hydrogen-bond acceptors (Lipinski definition) is 2. The molecule has 6 heteroatoms. The van der Waals surface area contributed by atoms with E-state index in [-0.39, 0.29) is 6.03 Å². The molecule has 3 rings (SSSR count). The lowest BCUT2D eigenvalue weighted by atomic mass is 10.1. The predicted molar refractivity (Wildman–Crippen MR) is 97.5 cm³/mol. The Morgan fingerprint density at radius 3 is 2.50 bits per heavy atom. The number of carbonyl (C=O) groups is 1. The molecule has 4 nitrogen and oxygen atoms in total. The molecule has 0 aliphatic carbocycles. The number of benzene rings is 2. The first-order chi connectivity index (χ1) is 10.6. The lowest BCUT2D eigenvalue weighted by Crippen LogP contribution is -2.28. The Balaban J connectivity index is 1.69. The molecule has 2 amide bonds. The fourth-order valence-corrected chi connectivity index (χ4v) is 2.66. The Hall–Kier alpha value is -1.60. The van der Waals surface area contributed by atoms with Crippen LogP contribution in [0.15, 0.2) is 53.6 Å². The highest BCUT2D eigenvalue weighted by Gasteiger charge is 2.21. The highest BCUT2D eigenvalue weighted by Crippen LogP contribution is 2.18. The molecule has 1 aliphatic rings. The van der Waals surface area contributed by atoms with Gasteiger partial charge in [0.05, 0.1) is 12.3 Å². The summed E-state index contributed by atoms with van der Waals surface area (Å²) in [5, 5.41) is 9.39. The van der Waals surface area contributed by atoms with E-state index in [0.717, 1.165) is 27.0 Å². The molecule has 22 heavy (non-hydrogen) atoms. The van der Waals surface area contributed by atoms with Crippen molar-refractivity contribution < 1.29 is 4.79 Å². The fraction of sp³-hybridized carbons (Fsp3) is 0.125. The molecular formula is C16H13ClIN3O. The van der Waals surface area contributed by atoms with Gasteiger partial charge in [-0.2, -0.15) is 5.10 Å². The monoisotopic (exact) mass is 425 g/mol. The van der Waals surface area contributed by atoms with Crippen LogP contribution in [0.2, 0.25) is 5.02 Å². The Morgan fingerprint density at radius 1 is 1.14 bits per heavy atom. The molecule has 0 unspecified atom stereocenters. The van der Waals surface area contributed by atoms with E-state index < -0.39 is 0 Å². The first-order valence-electron chi connectivity index (χ1n) is 6.79. The standard InChI is InChI=1S/C16H13ClIN3O/c17-12-3-1-11(2-4-12)15-9-10-21(20-15)16(22)19-14-7-5-13(18)6-8-14/h1-8H,9-10H2,(H,19,22). The number of nitrogens with zero attached hydrogens (tertiary/aromatic N) is 2. The second kappa shape index (κ2) is 6.66. The largest absolute Gasteiger partial charge is 0.342 e. The van der Waals surface area contributed by atoms with E-state index in [1.165, 1.54) is 5.01 Å². The summed E-state index contributed by atoms with van der Waals surface area (Å²) in [6.07, 6.45) is 0.738. The molecule has 1 aliphatic heterocycles. The van der Waals surface area contributed by atoms with Gasteiger partial charge >= 0.3 is 6.03 Å². The van der Waals surface area contributed by atoms with Crippen LogP contribution in [0.1, 0.15) is 12.0 Å². The summed E-state index contributed by atoms with van der Waals surface area (Å²) in [4.78, 5) is 12.2. The van der Waals surface area contributed by atoms with Crippen LogP contribution in [0, 0.1) is 3.57 Å². The fourth-order valence-electron chi connectivity index (χ4n) is 2.17. The number of halogens is 2. The van der Waals surface area contributed by atoms with Crippen molar-refractivity contribution in [2.24, 2.45) is 5.10 Å². The van der Waals surface area contributed by atoms with Crippen LogP contribution >= 0.6 is 34.2 Å². The lowest BCUT2D eigenvalue weighted by Gasteiger charge is -2.12. The minimum atomic E-state index is -0.217.